The quantitative estimate of drug-likeness (QED) is 0.573. The summed E-state index contributed by atoms with van der Waals surface area (Å²) in [4.78, 5) is 11.0. The van der Waals surface area contributed by atoms with E-state index < -0.39 is 5.97 Å². The standard InChI is InChI=1S/C9H10N2O2S/c10-9(14)13-8(12)6-11-7-4-2-1-3-5-7/h1-5,11H,6H2,(H2,10,14). The van der Waals surface area contributed by atoms with Crippen LogP contribution in [0.1, 0.15) is 0 Å². The number of ether oxygens (including phenoxy) is 1. The van der Waals surface area contributed by atoms with Crippen LogP contribution in [0.15, 0.2) is 30.3 Å². The second kappa shape index (κ2) is 5.18. The molecule has 4 nitrogen and oxygen atoms in total. The smallest absolute Gasteiger partial charge is 0.332 e. The Hall–Kier alpha value is -1.62. The summed E-state index contributed by atoms with van der Waals surface area (Å²) in [5.41, 5.74) is 5.86. The highest BCUT2D eigenvalue weighted by molar-refractivity contribution is 7.80. The molecule has 14 heavy (non-hydrogen) atoms. The molecule has 3 N–H and O–H groups in total. The Kier molecular flexibility index (Phi) is 3.87. The van der Waals surface area contributed by atoms with Crippen LogP contribution in [0.25, 0.3) is 0 Å². The minimum atomic E-state index is -0.499. The maximum absolute atomic E-state index is 11.0. The van der Waals surface area contributed by atoms with Gasteiger partial charge in [0, 0.05) is 5.69 Å². The molecule has 0 saturated heterocycles. The van der Waals surface area contributed by atoms with Crippen LogP contribution in [-0.4, -0.2) is 17.7 Å². The van der Waals surface area contributed by atoms with Gasteiger partial charge in [-0.2, -0.15) is 0 Å². The van der Waals surface area contributed by atoms with Crippen LogP contribution < -0.4 is 11.1 Å². The lowest BCUT2D eigenvalue weighted by Gasteiger charge is -2.04. The monoisotopic (exact) mass is 210 g/mol. The molecule has 0 fully saturated rings. The number of carbonyl (C=O) groups excluding carboxylic acids is 1. The Labute approximate surface area is 87.0 Å². The molecule has 1 aromatic rings. The zero-order valence-electron chi connectivity index (χ0n) is 7.40. The number of carbonyl (C=O) groups is 1. The van der Waals surface area contributed by atoms with E-state index in [0.717, 1.165) is 5.69 Å². The average Bonchev–Trinajstić information content (AvgIpc) is 2.15. The fourth-order valence-electron chi connectivity index (χ4n) is 0.879. The molecule has 0 atom stereocenters. The number of hydrogen-bond donors (Lipinski definition) is 2. The van der Waals surface area contributed by atoms with Crippen molar-refractivity contribution in [2.45, 2.75) is 0 Å². The summed E-state index contributed by atoms with van der Waals surface area (Å²) in [6.45, 7) is 0.0430. The maximum Gasteiger partial charge on any atom is 0.332 e. The molecular weight excluding hydrogens is 200 g/mol. The molecule has 0 aromatic heterocycles. The lowest BCUT2D eigenvalue weighted by Crippen LogP contribution is -2.23. The Morgan fingerprint density at radius 1 is 1.43 bits per heavy atom. The molecule has 0 spiro atoms. The number of benzene rings is 1. The molecule has 0 heterocycles. The molecule has 0 saturated carbocycles. The summed E-state index contributed by atoms with van der Waals surface area (Å²) < 4.78 is 4.48. The molecule has 5 heteroatoms. The fourth-order valence-corrected chi connectivity index (χ4v) is 0.971. The normalized spacial score (nSPS) is 9.14. The van der Waals surface area contributed by atoms with Gasteiger partial charge in [0.1, 0.15) is 6.54 Å². The fraction of sp³-hybridized carbons (Fsp3) is 0.111. The van der Waals surface area contributed by atoms with E-state index in [-0.39, 0.29) is 11.7 Å². The topological polar surface area (TPSA) is 64.3 Å². The Bertz CT molecular complexity index is 327. The van der Waals surface area contributed by atoms with Crippen molar-refractivity contribution in [2.24, 2.45) is 5.73 Å². The first-order chi connectivity index (χ1) is 6.68. The van der Waals surface area contributed by atoms with Gasteiger partial charge < -0.3 is 15.8 Å². The average molecular weight is 210 g/mol. The van der Waals surface area contributed by atoms with Gasteiger partial charge in [-0.25, -0.2) is 4.79 Å². The van der Waals surface area contributed by atoms with Gasteiger partial charge in [-0.15, -0.1) is 0 Å². The van der Waals surface area contributed by atoms with Gasteiger partial charge in [0.05, 0.1) is 0 Å². The largest absolute Gasteiger partial charge is 0.398 e. The first kappa shape index (κ1) is 10.5. The summed E-state index contributed by atoms with van der Waals surface area (Å²) in [5.74, 6) is -0.499. The predicted molar refractivity (Wildman–Crippen MR) is 57.8 cm³/mol. The number of anilines is 1. The molecule has 0 aliphatic rings. The second-order valence-electron chi connectivity index (χ2n) is 2.51. The number of nitrogens with one attached hydrogen (secondary N) is 1. The first-order valence-corrected chi connectivity index (χ1v) is 4.38. The van der Waals surface area contributed by atoms with Gasteiger partial charge in [0.2, 0.25) is 0 Å². The molecule has 0 aliphatic carbocycles. The van der Waals surface area contributed by atoms with Crippen molar-refractivity contribution < 1.29 is 9.53 Å². The minimum absolute atomic E-state index is 0.0430. The van der Waals surface area contributed by atoms with Crippen LogP contribution in [0.4, 0.5) is 5.69 Å². The number of esters is 1. The predicted octanol–water partition coefficient (Wildman–Crippen LogP) is 0.885. The van der Waals surface area contributed by atoms with Crippen LogP contribution in [0, 0.1) is 0 Å². The number of para-hydroxylation sites is 1. The van der Waals surface area contributed by atoms with E-state index in [1.54, 1.807) is 0 Å². The highest BCUT2D eigenvalue weighted by Gasteiger charge is 2.03. The molecule has 1 rings (SSSR count). The Morgan fingerprint density at radius 2 is 2.07 bits per heavy atom. The second-order valence-corrected chi connectivity index (χ2v) is 2.92. The number of nitrogens with two attached hydrogens (primary N) is 1. The summed E-state index contributed by atoms with van der Waals surface area (Å²) >= 11 is 4.41. The summed E-state index contributed by atoms with van der Waals surface area (Å²) in [6.07, 6.45) is 0. The third-order valence-electron chi connectivity index (χ3n) is 1.43. The van der Waals surface area contributed by atoms with Gasteiger partial charge >= 0.3 is 5.97 Å². The van der Waals surface area contributed by atoms with E-state index in [0.29, 0.717) is 0 Å². The molecule has 0 amide bonds. The van der Waals surface area contributed by atoms with E-state index in [1.807, 2.05) is 30.3 Å². The van der Waals surface area contributed by atoms with Crippen molar-refractivity contribution in [3.63, 3.8) is 0 Å². The van der Waals surface area contributed by atoms with E-state index in [4.69, 9.17) is 5.73 Å². The van der Waals surface area contributed by atoms with E-state index >= 15 is 0 Å². The highest BCUT2D eigenvalue weighted by atomic mass is 32.1. The van der Waals surface area contributed by atoms with Gasteiger partial charge in [0.15, 0.2) is 0 Å². The summed E-state index contributed by atoms with van der Waals surface area (Å²) in [5, 5.41) is 2.60. The molecule has 74 valence electrons. The summed E-state index contributed by atoms with van der Waals surface area (Å²) in [6, 6.07) is 9.29. The third-order valence-corrected chi connectivity index (χ3v) is 1.51. The van der Waals surface area contributed by atoms with Crippen molar-refractivity contribution in [1.29, 1.82) is 0 Å². The maximum atomic E-state index is 11.0. The highest BCUT2D eigenvalue weighted by Crippen LogP contribution is 2.03. The third kappa shape index (κ3) is 3.86. The van der Waals surface area contributed by atoms with Gasteiger partial charge in [-0.05, 0) is 24.4 Å². The van der Waals surface area contributed by atoms with Crippen molar-refractivity contribution in [2.75, 3.05) is 11.9 Å². The van der Waals surface area contributed by atoms with E-state index in [2.05, 4.69) is 22.3 Å². The molecule has 0 unspecified atom stereocenters. The van der Waals surface area contributed by atoms with Crippen LogP contribution in [0.5, 0.6) is 0 Å². The minimum Gasteiger partial charge on any atom is -0.398 e. The van der Waals surface area contributed by atoms with Crippen LogP contribution in [-0.2, 0) is 9.53 Å². The number of rotatable bonds is 3. The molecule has 0 radical (unpaired) electrons. The van der Waals surface area contributed by atoms with E-state index in [9.17, 15) is 4.79 Å². The van der Waals surface area contributed by atoms with Crippen molar-refractivity contribution in [1.82, 2.24) is 0 Å². The van der Waals surface area contributed by atoms with Crippen LogP contribution in [0.3, 0.4) is 0 Å². The van der Waals surface area contributed by atoms with Crippen LogP contribution >= 0.6 is 12.2 Å². The van der Waals surface area contributed by atoms with Crippen molar-refractivity contribution in [3.8, 4) is 0 Å². The van der Waals surface area contributed by atoms with Crippen LogP contribution in [0.2, 0.25) is 0 Å². The first-order valence-electron chi connectivity index (χ1n) is 3.97. The van der Waals surface area contributed by atoms with Crippen molar-refractivity contribution >= 4 is 29.0 Å². The summed E-state index contributed by atoms with van der Waals surface area (Å²) in [7, 11) is 0. The van der Waals surface area contributed by atoms with Crippen molar-refractivity contribution in [3.05, 3.63) is 30.3 Å². The lowest BCUT2D eigenvalue weighted by molar-refractivity contribution is -0.133. The van der Waals surface area contributed by atoms with E-state index in [1.165, 1.54) is 0 Å². The lowest BCUT2D eigenvalue weighted by atomic mass is 10.3. The zero-order chi connectivity index (χ0) is 10.4. The number of thiocarbonyl (C=S) groups is 1. The Balaban J connectivity index is 2.34. The number of hydrogen-bond acceptors (Lipinski definition) is 4. The Morgan fingerprint density at radius 3 is 2.64 bits per heavy atom. The zero-order valence-corrected chi connectivity index (χ0v) is 8.21. The molecule has 0 aliphatic heterocycles. The van der Waals surface area contributed by atoms with Gasteiger partial charge in [0.25, 0.3) is 5.17 Å². The SMILES string of the molecule is NC(=S)OC(=O)CNc1ccccc1. The molecular formula is C9H10N2O2S. The molecule has 0 bridgehead atoms. The van der Waals surface area contributed by atoms with Gasteiger partial charge in [-0.3, -0.25) is 0 Å². The molecule has 1 aromatic carbocycles. The van der Waals surface area contributed by atoms with Gasteiger partial charge in [-0.1, -0.05) is 18.2 Å².